The Bertz CT molecular complexity index is 658. The van der Waals surface area contributed by atoms with Crippen molar-refractivity contribution < 1.29 is 44.0 Å². The molecule has 1 nitrogen and oxygen atoms in total. The van der Waals surface area contributed by atoms with Gasteiger partial charge < -0.3 is 24.8 Å². The maximum absolute atomic E-state index is 3.68. The zero-order valence-corrected chi connectivity index (χ0v) is 20.1. The second-order valence-corrected chi connectivity index (χ2v) is 12.5. The predicted octanol–water partition coefficient (Wildman–Crippen LogP) is -1.47. The Labute approximate surface area is 165 Å². The van der Waals surface area contributed by atoms with Crippen molar-refractivity contribution in [2.45, 2.75) is 66.6 Å². The Morgan fingerprint density at radius 2 is 1.39 bits per heavy atom. The fourth-order valence-corrected chi connectivity index (χ4v) is 9.65. The number of aromatic nitrogens is 1. The number of nitrogens with one attached hydrogen (secondary N) is 1. The van der Waals surface area contributed by atoms with Gasteiger partial charge in [-0.2, -0.15) is 0 Å². The molecule has 1 N–H and O–H groups in total. The minimum atomic E-state index is -0.791. The van der Waals surface area contributed by atoms with Gasteiger partial charge in [-0.05, 0) is 0 Å². The van der Waals surface area contributed by atoms with Gasteiger partial charge in [-0.1, -0.05) is 0 Å². The maximum atomic E-state index is 3.68. The quantitative estimate of drug-likeness (QED) is 0.590. The minimum absolute atomic E-state index is 0. The van der Waals surface area contributed by atoms with Gasteiger partial charge >= 0.3 is 141 Å². The molecule has 0 fully saturated rings. The van der Waals surface area contributed by atoms with Crippen LogP contribution in [0.25, 0.3) is 0 Å². The summed E-state index contributed by atoms with van der Waals surface area (Å²) >= 11 is -0.256. The third kappa shape index (κ3) is 3.62. The number of rotatable bonds is 3. The SMILES string of the molecule is CC1=C(C)C(C)([SiH](C)C)[C]([Ti+2][c]2[nH]c(C)c(C)c2C)=C1C.[Cl-].[Cl-]. The van der Waals surface area contributed by atoms with Crippen molar-refractivity contribution in [1.29, 1.82) is 0 Å². The van der Waals surface area contributed by atoms with E-state index in [0.717, 1.165) is 0 Å². The van der Waals surface area contributed by atoms with Gasteiger partial charge in [-0.15, -0.1) is 0 Å². The van der Waals surface area contributed by atoms with Crippen LogP contribution in [0, 0.1) is 20.8 Å². The molecule has 5 heteroatoms. The van der Waals surface area contributed by atoms with E-state index in [1.165, 1.54) is 16.8 Å². The van der Waals surface area contributed by atoms with E-state index >= 15 is 0 Å². The molecule has 0 saturated carbocycles. The van der Waals surface area contributed by atoms with Crippen molar-refractivity contribution in [2.24, 2.45) is 0 Å². The third-order valence-corrected chi connectivity index (χ3v) is 12.5. The Balaban J connectivity index is 0.00000242. The Morgan fingerprint density at radius 1 is 0.870 bits per heavy atom. The second-order valence-electron chi connectivity index (χ2n) is 7.11. The van der Waals surface area contributed by atoms with Crippen LogP contribution in [-0.2, 0) is 19.2 Å². The van der Waals surface area contributed by atoms with E-state index in [-0.39, 0.29) is 44.0 Å². The third-order valence-electron chi connectivity index (χ3n) is 6.02. The monoisotopic (exact) mass is 405 g/mol. The molecular weight excluding hydrogens is 377 g/mol. The summed E-state index contributed by atoms with van der Waals surface area (Å²) in [4.78, 5) is 3.68. The Kier molecular flexibility index (Phi) is 8.20. The van der Waals surface area contributed by atoms with Gasteiger partial charge in [-0.3, -0.25) is 0 Å². The van der Waals surface area contributed by atoms with Crippen LogP contribution in [0.2, 0.25) is 18.1 Å². The predicted molar refractivity (Wildman–Crippen MR) is 93.0 cm³/mol. The molecule has 1 aromatic rings. The fourth-order valence-electron chi connectivity index (χ4n) is 3.47. The summed E-state index contributed by atoms with van der Waals surface area (Å²) in [6, 6.07) is 0. The molecule has 0 bridgehead atoms. The van der Waals surface area contributed by atoms with Gasteiger partial charge in [0.2, 0.25) is 0 Å². The molecule has 0 amide bonds. The van der Waals surface area contributed by atoms with Crippen molar-refractivity contribution >= 4 is 12.8 Å². The molecule has 0 spiro atoms. The largest absolute Gasteiger partial charge is 1.00 e. The van der Waals surface area contributed by atoms with E-state index in [2.05, 4.69) is 66.5 Å². The summed E-state index contributed by atoms with van der Waals surface area (Å²) in [7, 11) is -0.791. The molecule has 2 rings (SSSR count). The average Bonchev–Trinajstić information content (AvgIpc) is 2.76. The fraction of sp³-hybridized carbons (Fsp3) is 0.556. The topological polar surface area (TPSA) is 15.8 Å². The van der Waals surface area contributed by atoms with Gasteiger partial charge in [0.05, 0.1) is 0 Å². The standard InChI is InChI=1S/C11H19Si.C7H10N.2ClH.Ti/c1-8-7-11(4,12(5)6)10(3)9(8)2;1-5-4-8-7(3)6(5)2;;;/h12H,1-6H3;8H,1-3H3;2*1H;/q;;;;+2/p-2. The van der Waals surface area contributed by atoms with Crippen LogP contribution in [0.1, 0.15) is 44.5 Å². The summed E-state index contributed by atoms with van der Waals surface area (Å²) in [5.74, 6) is 0. The van der Waals surface area contributed by atoms with Crippen LogP contribution in [0.5, 0.6) is 0 Å². The van der Waals surface area contributed by atoms with Crippen LogP contribution in [0.3, 0.4) is 0 Å². The molecular formula is C18H29Cl2NSiTi. The van der Waals surface area contributed by atoms with Gasteiger partial charge in [0.25, 0.3) is 0 Å². The normalized spacial score (nSPS) is 20.6. The second kappa shape index (κ2) is 8.10. The molecule has 1 heterocycles. The van der Waals surface area contributed by atoms with Crippen LogP contribution < -0.4 is 28.8 Å². The number of H-pyrrole nitrogens is 1. The van der Waals surface area contributed by atoms with Crippen molar-refractivity contribution in [1.82, 2.24) is 4.98 Å². The summed E-state index contributed by atoms with van der Waals surface area (Å²) in [6.45, 7) is 21.4. The molecule has 1 aliphatic carbocycles. The molecule has 128 valence electrons. The van der Waals surface area contributed by atoms with Crippen LogP contribution >= 0.6 is 0 Å². The van der Waals surface area contributed by atoms with Crippen molar-refractivity contribution in [3.05, 3.63) is 37.4 Å². The smallest absolute Gasteiger partial charge is 1.00 e. The molecule has 0 radical (unpaired) electrons. The zero-order chi connectivity index (χ0) is 16.1. The van der Waals surface area contributed by atoms with Gasteiger partial charge in [0.15, 0.2) is 0 Å². The first kappa shape index (κ1) is 23.3. The van der Waals surface area contributed by atoms with E-state index in [4.69, 9.17) is 0 Å². The van der Waals surface area contributed by atoms with E-state index in [1.54, 1.807) is 24.6 Å². The van der Waals surface area contributed by atoms with Gasteiger partial charge in [0.1, 0.15) is 0 Å². The van der Waals surface area contributed by atoms with Crippen LogP contribution in [0.15, 0.2) is 20.6 Å². The van der Waals surface area contributed by atoms with Gasteiger partial charge in [-0.25, -0.2) is 0 Å². The van der Waals surface area contributed by atoms with Crippen molar-refractivity contribution in [3.63, 3.8) is 0 Å². The van der Waals surface area contributed by atoms with Crippen molar-refractivity contribution in [3.8, 4) is 0 Å². The first-order chi connectivity index (χ1) is 9.62. The average molecular weight is 406 g/mol. The van der Waals surface area contributed by atoms with Gasteiger partial charge in [0, 0.05) is 0 Å². The molecule has 1 atom stereocenters. The van der Waals surface area contributed by atoms with Crippen LogP contribution in [-0.4, -0.2) is 13.8 Å². The molecule has 23 heavy (non-hydrogen) atoms. The molecule has 1 aromatic heterocycles. The van der Waals surface area contributed by atoms with Crippen LogP contribution in [0.4, 0.5) is 0 Å². The molecule has 0 saturated heterocycles. The summed E-state index contributed by atoms with van der Waals surface area (Å²) in [6.07, 6.45) is 0. The number of halogens is 2. The number of hydrogen-bond acceptors (Lipinski definition) is 0. The molecule has 1 unspecified atom stereocenters. The minimum Gasteiger partial charge on any atom is -1.00 e. The Hall–Kier alpha value is 0.271. The number of aromatic amines is 1. The zero-order valence-electron chi connectivity index (χ0n) is 15.8. The molecule has 1 aliphatic rings. The van der Waals surface area contributed by atoms with E-state index in [9.17, 15) is 0 Å². The first-order valence-electron chi connectivity index (χ1n) is 7.94. The van der Waals surface area contributed by atoms with Crippen molar-refractivity contribution in [2.75, 3.05) is 0 Å². The summed E-state index contributed by atoms with van der Waals surface area (Å²) in [5, 5.41) is 0.396. The molecule has 0 aromatic carbocycles. The maximum Gasteiger partial charge on any atom is -1.00 e. The van der Waals surface area contributed by atoms with E-state index < -0.39 is 8.80 Å². The Morgan fingerprint density at radius 3 is 1.78 bits per heavy atom. The van der Waals surface area contributed by atoms with E-state index in [1.807, 2.05) is 0 Å². The number of allylic oxidation sites excluding steroid dienone is 4. The number of hydrogen-bond donors (Lipinski definition) is 1. The first-order valence-corrected chi connectivity index (χ1v) is 12.4. The summed E-state index contributed by atoms with van der Waals surface area (Å²) in [5.41, 5.74) is 9.12. The number of aryl methyl sites for hydroxylation is 1. The molecule has 0 aliphatic heterocycles. The summed E-state index contributed by atoms with van der Waals surface area (Å²) < 4.78 is 3.34. The van der Waals surface area contributed by atoms with E-state index in [0.29, 0.717) is 5.04 Å².